The van der Waals surface area contributed by atoms with Crippen LogP contribution in [-0.4, -0.2) is 34.3 Å². The van der Waals surface area contributed by atoms with Crippen LogP contribution in [0.2, 0.25) is 0 Å². The first-order chi connectivity index (χ1) is 11.7. The topological polar surface area (TPSA) is 90.6 Å². The molecule has 0 saturated carbocycles. The van der Waals surface area contributed by atoms with E-state index in [1.165, 1.54) is 0 Å². The molecule has 4 rings (SSSR count). The Hall–Kier alpha value is -2.83. The van der Waals surface area contributed by atoms with Gasteiger partial charge in [0.15, 0.2) is 11.5 Å². The summed E-state index contributed by atoms with van der Waals surface area (Å²) in [5.74, 6) is 2.04. The highest BCUT2D eigenvalue weighted by atomic mass is 16.7. The van der Waals surface area contributed by atoms with Gasteiger partial charge in [-0.05, 0) is 35.7 Å². The van der Waals surface area contributed by atoms with Crippen LogP contribution in [0.1, 0.15) is 23.2 Å². The van der Waals surface area contributed by atoms with Gasteiger partial charge in [0.2, 0.25) is 12.7 Å². The van der Waals surface area contributed by atoms with Crippen LogP contribution in [0, 0.1) is 0 Å². The monoisotopic (exact) mass is 326 g/mol. The minimum Gasteiger partial charge on any atom is -0.454 e. The van der Waals surface area contributed by atoms with Gasteiger partial charge in [-0.2, -0.15) is 5.10 Å². The van der Waals surface area contributed by atoms with Crippen molar-refractivity contribution in [3.8, 4) is 11.5 Å². The van der Waals surface area contributed by atoms with E-state index in [1.807, 2.05) is 23.1 Å². The fraction of sp³-hybridized carbons (Fsp3) is 0.353. The van der Waals surface area contributed by atoms with E-state index in [9.17, 15) is 4.79 Å². The van der Waals surface area contributed by atoms with Crippen LogP contribution in [0.3, 0.4) is 0 Å². The number of anilines is 1. The molecule has 0 radical (unpaired) electrons. The van der Waals surface area contributed by atoms with Crippen molar-refractivity contribution < 1.29 is 14.3 Å². The Morgan fingerprint density at radius 1 is 1.21 bits per heavy atom. The fourth-order valence-corrected chi connectivity index (χ4v) is 3.06. The Kier molecular flexibility index (Phi) is 3.68. The molecule has 0 aliphatic carbocycles. The number of nitrogens with zero attached hydrogens (tertiary/aromatic N) is 3. The second-order valence-corrected chi connectivity index (χ2v) is 5.99. The van der Waals surface area contributed by atoms with Crippen molar-refractivity contribution in [2.75, 3.05) is 19.1 Å². The molecule has 2 aliphatic heterocycles. The maximum atomic E-state index is 12.5. The van der Waals surface area contributed by atoms with E-state index in [1.54, 1.807) is 6.07 Å². The van der Waals surface area contributed by atoms with Gasteiger partial charge in [-0.25, -0.2) is 0 Å². The highest BCUT2D eigenvalue weighted by Gasteiger charge is 2.22. The summed E-state index contributed by atoms with van der Waals surface area (Å²) in [6.45, 7) is 1.48. The van der Waals surface area contributed by atoms with Crippen LogP contribution in [0.15, 0.2) is 24.3 Å². The van der Waals surface area contributed by atoms with E-state index in [4.69, 9.17) is 15.2 Å². The molecule has 0 fully saturated rings. The highest BCUT2D eigenvalue weighted by Crippen LogP contribution is 2.32. The summed E-state index contributed by atoms with van der Waals surface area (Å²) in [4.78, 5) is 14.4. The average Bonchev–Trinajstić information content (AvgIpc) is 3.06. The van der Waals surface area contributed by atoms with Crippen molar-refractivity contribution in [3.05, 3.63) is 41.1 Å². The average molecular weight is 326 g/mol. The highest BCUT2D eigenvalue weighted by molar-refractivity contribution is 5.76. The molecular weight excluding hydrogens is 308 g/mol. The zero-order chi connectivity index (χ0) is 16.5. The molecule has 2 N–H and O–H groups in total. The van der Waals surface area contributed by atoms with Gasteiger partial charge >= 0.3 is 0 Å². The molecule has 2 aromatic rings. The standard InChI is InChI=1S/C17H18N4O3/c18-16-8-12-9-21(6-5-13(12)19-20-16)17(22)4-2-11-1-3-14-15(7-11)24-10-23-14/h1,3,7-8H,2,4-6,9-10H2,(H2,18,20). The predicted octanol–water partition coefficient (Wildman–Crippen LogP) is 1.30. The quantitative estimate of drug-likeness (QED) is 0.914. The van der Waals surface area contributed by atoms with Crippen LogP contribution in [0.5, 0.6) is 11.5 Å². The lowest BCUT2D eigenvalue weighted by molar-refractivity contribution is -0.132. The van der Waals surface area contributed by atoms with Crippen LogP contribution in [-0.2, 0) is 24.2 Å². The molecule has 1 amide bonds. The number of carbonyl (C=O) groups is 1. The maximum absolute atomic E-state index is 12.5. The second-order valence-electron chi connectivity index (χ2n) is 5.99. The number of nitrogen functional groups attached to an aromatic ring is 1. The number of amides is 1. The van der Waals surface area contributed by atoms with Crippen molar-refractivity contribution in [3.63, 3.8) is 0 Å². The largest absolute Gasteiger partial charge is 0.454 e. The summed E-state index contributed by atoms with van der Waals surface area (Å²) >= 11 is 0. The summed E-state index contributed by atoms with van der Waals surface area (Å²) in [6.07, 6.45) is 1.86. The van der Waals surface area contributed by atoms with E-state index in [-0.39, 0.29) is 12.7 Å². The van der Waals surface area contributed by atoms with Crippen molar-refractivity contribution in [1.29, 1.82) is 0 Å². The second kappa shape index (κ2) is 5.99. The van der Waals surface area contributed by atoms with Gasteiger partial charge < -0.3 is 20.1 Å². The third-order valence-corrected chi connectivity index (χ3v) is 4.38. The Balaban J connectivity index is 1.38. The Morgan fingerprint density at radius 2 is 2.08 bits per heavy atom. The zero-order valence-electron chi connectivity index (χ0n) is 13.2. The lowest BCUT2D eigenvalue weighted by atomic mass is 10.0. The van der Waals surface area contributed by atoms with Crippen molar-refractivity contribution in [2.24, 2.45) is 0 Å². The van der Waals surface area contributed by atoms with Crippen LogP contribution >= 0.6 is 0 Å². The number of aromatic nitrogens is 2. The number of hydrogen-bond acceptors (Lipinski definition) is 6. The molecule has 0 saturated heterocycles. The van der Waals surface area contributed by atoms with Crippen molar-refractivity contribution in [1.82, 2.24) is 15.1 Å². The lowest BCUT2D eigenvalue weighted by Gasteiger charge is -2.28. The molecule has 1 aromatic carbocycles. The molecule has 3 heterocycles. The van der Waals surface area contributed by atoms with Gasteiger partial charge in [0.25, 0.3) is 0 Å². The third-order valence-electron chi connectivity index (χ3n) is 4.38. The number of benzene rings is 1. The molecule has 124 valence electrons. The van der Waals surface area contributed by atoms with E-state index in [0.717, 1.165) is 34.7 Å². The molecule has 0 atom stereocenters. The summed E-state index contributed by atoms with van der Waals surface area (Å²) < 4.78 is 10.7. The number of nitrogens with two attached hydrogens (primary N) is 1. The van der Waals surface area contributed by atoms with Gasteiger partial charge in [-0.3, -0.25) is 4.79 Å². The summed E-state index contributed by atoms with van der Waals surface area (Å²) in [6, 6.07) is 7.61. The van der Waals surface area contributed by atoms with Gasteiger partial charge in [0.1, 0.15) is 5.82 Å². The smallest absolute Gasteiger partial charge is 0.231 e. The molecule has 1 aromatic heterocycles. The molecule has 0 spiro atoms. The van der Waals surface area contributed by atoms with Gasteiger partial charge in [-0.15, -0.1) is 5.10 Å². The number of ether oxygens (including phenoxy) is 2. The van der Waals surface area contributed by atoms with E-state index in [0.29, 0.717) is 31.7 Å². The summed E-state index contributed by atoms with van der Waals surface area (Å²) in [7, 11) is 0. The number of fused-ring (bicyclic) bond motifs is 2. The Morgan fingerprint density at radius 3 is 3.00 bits per heavy atom. The van der Waals surface area contributed by atoms with Crippen LogP contribution in [0.4, 0.5) is 5.82 Å². The van der Waals surface area contributed by atoms with Crippen molar-refractivity contribution in [2.45, 2.75) is 25.8 Å². The normalized spacial score (nSPS) is 15.2. The first-order valence-corrected chi connectivity index (χ1v) is 7.96. The molecule has 0 unspecified atom stereocenters. The van der Waals surface area contributed by atoms with Crippen molar-refractivity contribution >= 4 is 11.7 Å². The summed E-state index contributed by atoms with van der Waals surface area (Å²) in [5, 5.41) is 7.97. The molecular formula is C17H18N4O3. The maximum Gasteiger partial charge on any atom is 0.231 e. The molecule has 2 aliphatic rings. The fourth-order valence-electron chi connectivity index (χ4n) is 3.06. The third kappa shape index (κ3) is 2.84. The number of hydrogen-bond donors (Lipinski definition) is 1. The first-order valence-electron chi connectivity index (χ1n) is 7.96. The van der Waals surface area contributed by atoms with Gasteiger partial charge in [0.05, 0.1) is 5.69 Å². The lowest BCUT2D eigenvalue weighted by Crippen LogP contribution is -2.36. The minimum atomic E-state index is 0.133. The zero-order valence-corrected chi connectivity index (χ0v) is 13.2. The molecule has 24 heavy (non-hydrogen) atoms. The van der Waals surface area contributed by atoms with E-state index < -0.39 is 0 Å². The predicted molar refractivity (Wildman–Crippen MR) is 86.5 cm³/mol. The SMILES string of the molecule is Nc1cc2c(nn1)CCN(C(=O)CCc1ccc3c(c1)OCO3)C2. The number of carbonyl (C=O) groups excluding carboxylic acids is 1. The first kappa shape index (κ1) is 14.7. The van der Waals surface area contributed by atoms with Crippen LogP contribution < -0.4 is 15.2 Å². The summed E-state index contributed by atoms with van der Waals surface area (Å²) in [5.41, 5.74) is 8.68. The van der Waals surface area contributed by atoms with Gasteiger partial charge in [-0.1, -0.05) is 6.07 Å². The Bertz CT molecular complexity index is 793. The van der Waals surface area contributed by atoms with Gasteiger partial charge in [0, 0.05) is 25.9 Å². The molecule has 0 bridgehead atoms. The van der Waals surface area contributed by atoms with E-state index >= 15 is 0 Å². The molecule has 7 heteroatoms. The van der Waals surface area contributed by atoms with E-state index in [2.05, 4.69) is 10.2 Å². The number of aryl methyl sites for hydroxylation is 1. The Labute approximate surface area is 139 Å². The van der Waals surface area contributed by atoms with Crippen LogP contribution in [0.25, 0.3) is 0 Å². The number of rotatable bonds is 3. The molecule has 7 nitrogen and oxygen atoms in total. The minimum absolute atomic E-state index is 0.133.